The maximum atomic E-state index is 13.0. The lowest BCUT2D eigenvalue weighted by molar-refractivity contribution is -0.131. The highest BCUT2D eigenvalue weighted by atomic mass is 16.2. The van der Waals surface area contributed by atoms with Crippen LogP contribution in [0.5, 0.6) is 0 Å². The van der Waals surface area contributed by atoms with E-state index in [0.29, 0.717) is 31.6 Å². The summed E-state index contributed by atoms with van der Waals surface area (Å²) in [6.07, 6.45) is 3.92. The minimum atomic E-state index is -0.828. The molecule has 0 radical (unpaired) electrons. The molecule has 1 unspecified atom stereocenters. The van der Waals surface area contributed by atoms with Crippen molar-refractivity contribution in [3.63, 3.8) is 0 Å². The van der Waals surface area contributed by atoms with Crippen LogP contribution in [0.3, 0.4) is 0 Å². The van der Waals surface area contributed by atoms with Gasteiger partial charge in [0.2, 0.25) is 17.7 Å². The summed E-state index contributed by atoms with van der Waals surface area (Å²) in [4.78, 5) is 61.7. The van der Waals surface area contributed by atoms with Gasteiger partial charge in [0.15, 0.2) is 0 Å². The summed E-state index contributed by atoms with van der Waals surface area (Å²) in [7, 11) is 0. The van der Waals surface area contributed by atoms with Crippen molar-refractivity contribution >= 4 is 30.0 Å². The van der Waals surface area contributed by atoms with E-state index >= 15 is 0 Å². The van der Waals surface area contributed by atoms with Crippen molar-refractivity contribution in [3.8, 4) is 0 Å². The Hall–Kier alpha value is -2.65. The molecule has 2 rings (SSSR count). The summed E-state index contributed by atoms with van der Waals surface area (Å²) in [5.74, 6) is -1.19. The van der Waals surface area contributed by atoms with Gasteiger partial charge in [0, 0.05) is 18.0 Å². The first kappa shape index (κ1) is 26.6. The van der Waals surface area contributed by atoms with Crippen LogP contribution in [-0.2, 0) is 19.2 Å². The van der Waals surface area contributed by atoms with E-state index in [9.17, 15) is 24.0 Å². The zero-order valence-electron chi connectivity index (χ0n) is 20.3. The summed E-state index contributed by atoms with van der Waals surface area (Å²) in [5, 5.41) is 13.7. The van der Waals surface area contributed by atoms with Gasteiger partial charge in [-0.1, -0.05) is 26.7 Å². The maximum Gasteiger partial charge on any atom is 0.315 e. The molecule has 1 aliphatic carbocycles. The fourth-order valence-corrected chi connectivity index (χ4v) is 3.84. The van der Waals surface area contributed by atoms with Gasteiger partial charge in [-0.15, -0.1) is 0 Å². The summed E-state index contributed by atoms with van der Waals surface area (Å²) < 4.78 is 0. The topological polar surface area (TPSA) is 146 Å². The van der Waals surface area contributed by atoms with Gasteiger partial charge in [-0.05, 0) is 51.9 Å². The molecule has 0 aromatic rings. The van der Waals surface area contributed by atoms with Crippen LogP contribution in [0.15, 0.2) is 0 Å². The van der Waals surface area contributed by atoms with Gasteiger partial charge in [-0.2, -0.15) is 0 Å². The largest absolute Gasteiger partial charge is 0.356 e. The number of amides is 5. The molecule has 1 saturated carbocycles. The van der Waals surface area contributed by atoms with Gasteiger partial charge in [-0.25, -0.2) is 4.79 Å². The van der Waals surface area contributed by atoms with Gasteiger partial charge in [0.25, 0.3) is 0 Å². The molecule has 10 nitrogen and oxygen atoms in total. The number of carbonyl (C=O) groups excluding carboxylic acids is 5. The monoisotopic (exact) mass is 465 g/mol. The van der Waals surface area contributed by atoms with Crippen LogP contribution in [0.4, 0.5) is 4.79 Å². The average Bonchev–Trinajstić information content (AvgIpc) is 3.43. The molecule has 0 spiro atoms. The molecule has 0 bridgehead atoms. The molecule has 0 aromatic heterocycles. The van der Waals surface area contributed by atoms with Crippen molar-refractivity contribution in [3.05, 3.63) is 0 Å². The van der Waals surface area contributed by atoms with Gasteiger partial charge >= 0.3 is 6.03 Å². The molecular formula is C23H39N5O5. The van der Waals surface area contributed by atoms with Gasteiger partial charge < -0.3 is 31.4 Å². The fourth-order valence-electron chi connectivity index (χ4n) is 3.84. The van der Waals surface area contributed by atoms with Crippen LogP contribution in [0.25, 0.3) is 0 Å². The van der Waals surface area contributed by atoms with E-state index in [1.165, 1.54) is 0 Å². The second-order valence-corrected chi connectivity index (χ2v) is 10.6. The Morgan fingerprint density at radius 1 is 1.03 bits per heavy atom. The zero-order chi connectivity index (χ0) is 24.8. The van der Waals surface area contributed by atoms with Gasteiger partial charge in [-0.3, -0.25) is 14.4 Å². The number of carbonyl (C=O) groups is 5. The first-order valence-corrected chi connectivity index (χ1v) is 11.8. The molecule has 5 amide bonds. The molecule has 2 fully saturated rings. The first-order valence-electron chi connectivity index (χ1n) is 11.8. The van der Waals surface area contributed by atoms with Crippen LogP contribution in [0.1, 0.15) is 66.7 Å². The number of rotatable bonds is 11. The average molecular weight is 466 g/mol. The highest BCUT2D eigenvalue weighted by Gasteiger charge is 2.35. The van der Waals surface area contributed by atoms with E-state index in [1.54, 1.807) is 0 Å². The Morgan fingerprint density at radius 2 is 1.70 bits per heavy atom. The van der Waals surface area contributed by atoms with Crippen LogP contribution in [0, 0.1) is 17.8 Å². The second-order valence-electron chi connectivity index (χ2n) is 10.6. The number of urea groups is 1. The third-order valence-electron chi connectivity index (χ3n) is 5.82. The van der Waals surface area contributed by atoms with Crippen LogP contribution in [0.2, 0.25) is 0 Å². The first-order chi connectivity index (χ1) is 15.4. The van der Waals surface area contributed by atoms with Crippen molar-refractivity contribution in [1.29, 1.82) is 0 Å². The quantitative estimate of drug-likeness (QED) is 0.284. The van der Waals surface area contributed by atoms with E-state index in [0.717, 1.165) is 12.8 Å². The third kappa shape index (κ3) is 9.01. The van der Waals surface area contributed by atoms with Gasteiger partial charge in [0.05, 0.1) is 6.04 Å². The molecule has 2 aliphatic rings. The van der Waals surface area contributed by atoms with Crippen LogP contribution < -0.4 is 26.6 Å². The molecule has 1 aliphatic heterocycles. The van der Waals surface area contributed by atoms with E-state index in [-0.39, 0.29) is 24.2 Å². The highest BCUT2D eigenvalue weighted by Crippen LogP contribution is 2.33. The molecule has 186 valence electrons. The van der Waals surface area contributed by atoms with Crippen molar-refractivity contribution < 1.29 is 24.0 Å². The van der Waals surface area contributed by atoms with E-state index < -0.39 is 41.5 Å². The van der Waals surface area contributed by atoms with E-state index in [2.05, 4.69) is 26.6 Å². The minimum Gasteiger partial charge on any atom is -0.356 e. The molecule has 33 heavy (non-hydrogen) atoms. The smallest absolute Gasteiger partial charge is 0.315 e. The molecule has 1 heterocycles. The zero-order valence-corrected chi connectivity index (χ0v) is 20.3. The van der Waals surface area contributed by atoms with Crippen molar-refractivity contribution in [2.24, 2.45) is 17.8 Å². The van der Waals surface area contributed by atoms with E-state index in [4.69, 9.17) is 0 Å². The Kier molecular flexibility index (Phi) is 9.25. The van der Waals surface area contributed by atoms with Crippen molar-refractivity contribution in [2.75, 3.05) is 6.54 Å². The normalized spacial score (nSPS) is 20.9. The summed E-state index contributed by atoms with van der Waals surface area (Å²) in [5.41, 5.74) is -0.462. The van der Waals surface area contributed by atoms with Gasteiger partial charge in [0.1, 0.15) is 18.4 Å². The Balaban J connectivity index is 2.02. The highest BCUT2D eigenvalue weighted by molar-refractivity contribution is 5.93. The predicted octanol–water partition coefficient (Wildman–Crippen LogP) is 0.604. The number of aldehydes is 1. The lowest BCUT2D eigenvalue weighted by Gasteiger charge is -2.28. The van der Waals surface area contributed by atoms with Crippen LogP contribution in [-0.4, -0.2) is 60.2 Å². The third-order valence-corrected chi connectivity index (χ3v) is 5.82. The Morgan fingerprint density at radius 3 is 2.18 bits per heavy atom. The van der Waals surface area contributed by atoms with E-state index in [1.807, 2.05) is 34.6 Å². The SMILES string of the molecule is CC(C)C(NC(=O)NC(C)(C)C)C(=O)N[C@@H](CC1CC1)C(=O)N[C@H](C=O)C[C@@H]1CCNC1=O. The lowest BCUT2D eigenvalue weighted by atomic mass is 9.98. The van der Waals surface area contributed by atoms with Crippen molar-refractivity contribution in [1.82, 2.24) is 26.6 Å². The standard InChI is InChI=1S/C23H39N5O5/c1-13(2)18(27-22(33)28-23(3,4)5)21(32)26-17(10-14-6-7-14)20(31)25-16(12-29)11-15-8-9-24-19(15)30/h12-18H,6-11H2,1-5H3,(H,24,30)(H,25,31)(H,26,32)(H2,27,28,33)/t15-,16-,17-,18?/m0/s1. The number of hydrogen-bond acceptors (Lipinski definition) is 5. The molecule has 5 N–H and O–H groups in total. The fraction of sp³-hybridized carbons (Fsp3) is 0.783. The number of nitrogens with one attached hydrogen (secondary N) is 5. The summed E-state index contributed by atoms with van der Waals surface area (Å²) >= 11 is 0. The molecule has 1 saturated heterocycles. The Bertz CT molecular complexity index is 744. The minimum absolute atomic E-state index is 0.113. The molecule has 10 heteroatoms. The van der Waals surface area contributed by atoms with Crippen LogP contribution >= 0.6 is 0 Å². The summed E-state index contributed by atoms with van der Waals surface area (Å²) in [6, 6.07) is -2.92. The molecule has 0 aromatic carbocycles. The number of hydrogen-bond donors (Lipinski definition) is 5. The molecule has 4 atom stereocenters. The second kappa shape index (κ2) is 11.5. The summed E-state index contributed by atoms with van der Waals surface area (Å²) in [6.45, 7) is 9.71. The lowest BCUT2D eigenvalue weighted by Crippen LogP contribution is -2.59. The van der Waals surface area contributed by atoms with Crippen molar-refractivity contribution in [2.45, 2.75) is 90.4 Å². The maximum absolute atomic E-state index is 13.0. The predicted molar refractivity (Wildman–Crippen MR) is 123 cm³/mol. The molecular weight excluding hydrogens is 426 g/mol. The Labute approximate surface area is 195 Å².